The number of aromatic amines is 1. The first-order chi connectivity index (χ1) is 18.1. The van der Waals surface area contributed by atoms with Crippen molar-refractivity contribution < 1.29 is 43.9 Å². The van der Waals surface area contributed by atoms with Gasteiger partial charge in [-0.2, -0.15) is 0 Å². The highest BCUT2D eigenvalue weighted by atomic mass is 16.7. The molecule has 2 fully saturated rings. The molecule has 4 heterocycles. The van der Waals surface area contributed by atoms with Crippen LogP contribution in [0.2, 0.25) is 0 Å². The first kappa shape index (κ1) is 27.9. The van der Waals surface area contributed by atoms with E-state index in [-0.39, 0.29) is 5.76 Å². The number of aromatic nitrogens is 2. The summed E-state index contributed by atoms with van der Waals surface area (Å²) in [6, 6.07) is 1.03. The molecule has 3 aliphatic heterocycles. The number of carbonyl (C=O) groups excluding carboxylic acids is 2. The number of piperidine rings is 1. The number of hydrogen-bond donors (Lipinski definition) is 6. The third-order valence-electron chi connectivity index (χ3n) is 6.54. The fourth-order valence-corrected chi connectivity index (χ4v) is 4.59. The number of methoxy groups -OCH3 is 1. The largest absolute Gasteiger partial charge is 0.456 e. The van der Waals surface area contributed by atoms with Crippen LogP contribution in [0.25, 0.3) is 0 Å². The summed E-state index contributed by atoms with van der Waals surface area (Å²) in [5.41, 5.74) is 6.62. The van der Waals surface area contributed by atoms with Gasteiger partial charge in [0.25, 0.3) is 5.56 Å². The number of carbonyl (C=O) groups is 2. The van der Waals surface area contributed by atoms with Gasteiger partial charge in [-0.15, -0.1) is 0 Å². The third-order valence-corrected chi connectivity index (χ3v) is 6.54. The maximum atomic E-state index is 12.7. The molecule has 4 rings (SSSR count). The number of nitrogens with two attached hydrogens (primary N) is 1. The molecule has 8 atom stereocenters. The predicted octanol–water partition coefficient (Wildman–Crippen LogP) is -3.84. The maximum absolute atomic E-state index is 12.7. The predicted molar refractivity (Wildman–Crippen MR) is 125 cm³/mol. The van der Waals surface area contributed by atoms with E-state index in [0.717, 1.165) is 42.2 Å². The topological polar surface area (TPSA) is 228 Å². The smallest absolute Gasteiger partial charge is 0.330 e. The van der Waals surface area contributed by atoms with Gasteiger partial charge in [0.15, 0.2) is 18.1 Å². The molecule has 0 radical (unpaired) electrons. The molecule has 2 saturated heterocycles. The van der Waals surface area contributed by atoms with E-state index in [2.05, 4.69) is 5.43 Å². The van der Waals surface area contributed by atoms with Crippen molar-refractivity contribution >= 4 is 11.8 Å². The lowest BCUT2D eigenvalue weighted by molar-refractivity contribution is -0.241. The van der Waals surface area contributed by atoms with E-state index in [9.17, 15) is 34.5 Å². The van der Waals surface area contributed by atoms with Crippen molar-refractivity contribution in [1.29, 1.82) is 0 Å². The summed E-state index contributed by atoms with van der Waals surface area (Å²) >= 11 is 0. The Bertz CT molecular complexity index is 1160. The molecule has 2 amide bonds. The summed E-state index contributed by atoms with van der Waals surface area (Å²) in [6.45, 7) is 1.26. The number of hydrazine groups is 1. The van der Waals surface area contributed by atoms with Crippen LogP contribution < -0.4 is 22.4 Å². The highest BCUT2D eigenvalue weighted by Crippen LogP contribution is 2.34. The molecule has 210 valence electrons. The second-order valence-corrected chi connectivity index (χ2v) is 9.15. The number of nitrogens with one attached hydrogen (secondary N) is 2. The summed E-state index contributed by atoms with van der Waals surface area (Å²) in [4.78, 5) is 50.8. The zero-order valence-corrected chi connectivity index (χ0v) is 20.5. The van der Waals surface area contributed by atoms with Crippen LogP contribution in [0.3, 0.4) is 0 Å². The summed E-state index contributed by atoms with van der Waals surface area (Å²) in [5, 5.41) is 33.2. The van der Waals surface area contributed by atoms with Crippen molar-refractivity contribution in [1.82, 2.24) is 20.0 Å². The molecule has 0 aromatic carbocycles. The molecule has 0 saturated carbocycles. The molecule has 1 aromatic rings. The van der Waals surface area contributed by atoms with Gasteiger partial charge in [0.05, 0.1) is 0 Å². The lowest BCUT2D eigenvalue weighted by atomic mass is 10.0. The molecule has 0 aliphatic carbocycles. The van der Waals surface area contributed by atoms with Crippen molar-refractivity contribution in [2.45, 2.75) is 68.4 Å². The summed E-state index contributed by atoms with van der Waals surface area (Å²) in [7, 11) is 1.21. The minimum atomic E-state index is -1.75. The van der Waals surface area contributed by atoms with Crippen LogP contribution in [0, 0.1) is 0 Å². The minimum absolute atomic E-state index is 0.352. The van der Waals surface area contributed by atoms with Crippen molar-refractivity contribution in [3.63, 3.8) is 0 Å². The molecule has 1 aromatic heterocycles. The monoisotopic (exact) mass is 541 g/mol. The van der Waals surface area contributed by atoms with E-state index in [0.29, 0.717) is 13.1 Å². The van der Waals surface area contributed by atoms with E-state index in [1.54, 1.807) is 5.01 Å². The Hall–Kier alpha value is -3.12. The van der Waals surface area contributed by atoms with Crippen LogP contribution in [0.4, 0.5) is 0 Å². The molecule has 0 bridgehead atoms. The zero-order valence-electron chi connectivity index (χ0n) is 20.5. The summed E-state index contributed by atoms with van der Waals surface area (Å²) < 4.78 is 23.0. The third kappa shape index (κ3) is 5.80. The Labute approximate surface area is 215 Å². The maximum Gasteiger partial charge on any atom is 0.330 e. The molecular weight excluding hydrogens is 510 g/mol. The molecule has 16 heteroatoms. The van der Waals surface area contributed by atoms with Gasteiger partial charge in [-0.3, -0.25) is 29.4 Å². The molecular formula is C22H31N5O11. The molecule has 3 aliphatic rings. The fourth-order valence-electron chi connectivity index (χ4n) is 4.59. The normalized spacial score (nSPS) is 32.7. The number of primary amides is 1. The Morgan fingerprint density at radius 2 is 1.89 bits per heavy atom. The average molecular weight is 542 g/mol. The van der Waals surface area contributed by atoms with Gasteiger partial charge in [0.2, 0.25) is 12.2 Å². The van der Waals surface area contributed by atoms with Gasteiger partial charge < -0.3 is 40.0 Å². The van der Waals surface area contributed by atoms with E-state index in [4.69, 9.17) is 24.7 Å². The van der Waals surface area contributed by atoms with Crippen molar-refractivity contribution in [2.24, 2.45) is 5.73 Å². The lowest BCUT2D eigenvalue weighted by Crippen LogP contribution is -2.54. The van der Waals surface area contributed by atoms with Crippen LogP contribution >= 0.6 is 0 Å². The number of nitrogens with zero attached hydrogens (tertiary/aromatic N) is 2. The van der Waals surface area contributed by atoms with Crippen molar-refractivity contribution in [3.05, 3.63) is 44.9 Å². The molecule has 7 N–H and O–H groups in total. The van der Waals surface area contributed by atoms with Gasteiger partial charge in [-0.1, -0.05) is 6.42 Å². The van der Waals surface area contributed by atoms with Crippen LogP contribution in [0.15, 0.2) is 33.7 Å². The van der Waals surface area contributed by atoms with E-state index in [1.807, 2.05) is 4.98 Å². The number of amides is 2. The number of ether oxygens (including phenoxy) is 4. The Morgan fingerprint density at radius 3 is 2.53 bits per heavy atom. The van der Waals surface area contributed by atoms with Crippen LogP contribution in [-0.4, -0.2) is 105 Å². The lowest BCUT2D eigenvalue weighted by Gasteiger charge is -2.35. The van der Waals surface area contributed by atoms with Crippen LogP contribution in [0.1, 0.15) is 25.5 Å². The first-order valence-corrected chi connectivity index (χ1v) is 12.0. The quantitative estimate of drug-likeness (QED) is 0.186. The van der Waals surface area contributed by atoms with E-state index >= 15 is 0 Å². The van der Waals surface area contributed by atoms with Gasteiger partial charge in [0, 0.05) is 32.5 Å². The van der Waals surface area contributed by atoms with Crippen molar-refractivity contribution in [3.8, 4) is 0 Å². The van der Waals surface area contributed by atoms with Gasteiger partial charge in [-0.25, -0.2) is 9.80 Å². The van der Waals surface area contributed by atoms with E-state index < -0.39 is 72.2 Å². The first-order valence-electron chi connectivity index (χ1n) is 12.0. The summed E-state index contributed by atoms with van der Waals surface area (Å²) in [6.07, 6.45) is -7.50. The van der Waals surface area contributed by atoms with Crippen molar-refractivity contribution in [2.75, 3.05) is 20.2 Å². The Morgan fingerprint density at radius 1 is 1.18 bits per heavy atom. The number of hydrogen-bond acceptors (Lipinski definition) is 12. The second-order valence-electron chi connectivity index (χ2n) is 9.15. The van der Waals surface area contributed by atoms with Gasteiger partial charge >= 0.3 is 11.6 Å². The Kier molecular flexibility index (Phi) is 8.61. The Balaban J connectivity index is 1.52. The molecule has 16 nitrogen and oxygen atoms in total. The second kappa shape index (κ2) is 11.7. The van der Waals surface area contributed by atoms with Gasteiger partial charge in [0.1, 0.15) is 30.5 Å². The fraction of sp³-hybridized carbons (Fsp3) is 0.636. The van der Waals surface area contributed by atoms with Crippen LogP contribution in [-0.2, 0) is 28.5 Å². The molecule has 38 heavy (non-hydrogen) atoms. The number of aliphatic hydroxyl groups is 3. The SMILES string of the molecule is COC1C(O)[C@H](n2ccc(=O)[nH]c2=O)O[C@@H]1C(O[C@H]1OC(C(=O)NN2CCCCC2)=CC(O)C1O)C(N)=O. The average Bonchev–Trinajstić information content (AvgIpc) is 3.20. The molecule has 0 spiro atoms. The summed E-state index contributed by atoms with van der Waals surface area (Å²) in [5.74, 6) is -2.16. The zero-order chi connectivity index (χ0) is 27.6. The number of H-pyrrole nitrogens is 1. The minimum Gasteiger partial charge on any atom is -0.456 e. The molecule has 5 unspecified atom stereocenters. The highest BCUT2D eigenvalue weighted by Gasteiger charge is 2.52. The number of aliphatic hydroxyl groups excluding tert-OH is 3. The standard InChI is InChI=1S/C22H31N5O11/c1-35-15-14(31)20(27-8-5-12(29)24-22(27)34)37-16(15)17(18(23)32)38-21-13(30)10(28)9-11(36-21)19(33)25-26-6-3-2-4-7-26/h5,8-10,13-17,20-21,28,30-31H,2-4,6-7H2,1H3,(H2,23,32)(H,25,33)(H,24,29,34)/t10?,13?,14?,15?,16-,17?,20+,21+/m0/s1. The van der Waals surface area contributed by atoms with Crippen LogP contribution in [0.5, 0.6) is 0 Å². The number of rotatable bonds is 8. The van der Waals surface area contributed by atoms with Gasteiger partial charge in [-0.05, 0) is 18.9 Å². The highest BCUT2D eigenvalue weighted by molar-refractivity contribution is 5.91. The van der Waals surface area contributed by atoms with E-state index in [1.165, 1.54) is 7.11 Å².